The van der Waals surface area contributed by atoms with Crippen LogP contribution in [0.3, 0.4) is 0 Å². The molecule has 0 aromatic heterocycles. The molecule has 0 radical (unpaired) electrons. The van der Waals surface area contributed by atoms with Gasteiger partial charge in [-0.1, -0.05) is 11.6 Å². The summed E-state index contributed by atoms with van der Waals surface area (Å²) in [5.74, 6) is 1.13. The number of hydrogen-bond donors (Lipinski definition) is 2. The van der Waals surface area contributed by atoms with Gasteiger partial charge in [0.25, 0.3) is 0 Å². The van der Waals surface area contributed by atoms with Crippen LogP contribution >= 0.6 is 11.6 Å². The van der Waals surface area contributed by atoms with Gasteiger partial charge in [-0.3, -0.25) is 0 Å². The fourth-order valence-electron chi connectivity index (χ4n) is 1.87. The van der Waals surface area contributed by atoms with Crippen LogP contribution in [0.1, 0.15) is 12.0 Å². The largest absolute Gasteiger partial charge is 0.493 e. The van der Waals surface area contributed by atoms with Crippen molar-refractivity contribution in [2.45, 2.75) is 12.0 Å². The van der Waals surface area contributed by atoms with Crippen LogP contribution in [0.15, 0.2) is 12.1 Å². The molecule has 2 rings (SSSR count). The predicted octanol–water partition coefficient (Wildman–Crippen LogP) is 1.28. The van der Waals surface area contributed by atoms with E-state index < -0.39 is 5.54 Å². The van der Waals surface area contributed by atoms with Crippen molar-refractivity contribution in [2.24, 2.45) is 5.73 Å². The van der Waals surface area contributed by atoms with Gasteiger partial charge in [0.2, 0.25) is 0 Å². The summed E-state index contributed by atoms with van der Waals surface area (Å²) in [6.45, 7) is 0.314. The molecule has 0 spiro atoms. The number of halogens is 1. The van der Waals surface area contributed by atoms with Crippen molar-refractivity contribution in [3.8, 4) is 11.5 Å². The minimum atomic E-state index is -0.800. The first-order valence-corrected chi connectivity index (χ1v) is 5.39. The van der Waals surface area contributed by atoms with Crippen LogP contribution in [0.25, 0.3) is 0 Å². The van der Waals surface area contributed by atoms with Crippen molar-refractivity contribution < 1.29 is 14.6 Å². The highest BCUT2D eigenvalue weighted by Crippen LogP contribution is 2.43. The third-order valence-corrected chi connectivity index (χ3v) is 3.07. The van der Waals surface area contributed by atoms with E-state index in [0.717, 1.165) is 0 Å². The summed E-state index contributed by atoms with van der Waals surface area (Å²) in [6.07, 6.45) is 0.556. The zero-order chi connectivity index (χ0) is 11.8. The number of methoxy groups -OCH3 is 1. The third kappa shape index (κ3) is 1.73. The van der Waals surface area contributed by atoms with Gasteiger partial charge >= 0.3 is 0 Å². The maximum atomic E-state index is 9.39. The van der Waals surface area contributed by atoms with Crippen LogP contribution in [0.2, 0.25) is 5.02 Å². The Hall–Kier alpha value is -0.970. The normalized spacial score (nSPS) is 23.5. The number of fused-ring (bicyclic) bond motifs is 1. The van der Waals surface area contributed by atoms with E-state index in [0.29, 0.717) is 35.1 Å². The lowest BCUT2D eigenvalue weighted by molar-refractivity contribution is 0.135. The quantitative estimate of drug-likeness (QED) is 0.821. The molecule has 3 N–H and O–H groups in total. The Labute approximate surface area is 98.9 Å². The van der Waals surface area contributed by atoms with Crippen LogP contribution in [0.4, 0.5) is 0 Å². The Bertz CT molecular complexity index is 410. The Morgan fingerprint density at radius 1 is 1.62 bits per heavy atom. The van der Waals surface area contributed by atoms with Gasteiger partial charge in [0.05, 0.1) is 25.9 Å². The van der Waals surface area contributed by atoms with E-state index in [9.17, 15) is 5.11 Å². The first kappa shape index (κ1) is 11.5. The highest BCUT2D eigenvalue weighted by Gasteiger charge is 2.35. The second-order valence-electron chi connectivity index (χ2n) is 3.90. The molecular weight excluding hydrogens is 230 g/mol. The summed E-state index contributed by atoms with van der Waals surface area (Å²) in [5, 5.41) is 9.91. The Balaban J connectivity index is 2.60. The number of rotatable bonds is 2. The summed E-state index contributed by atoms with van der Waals surface area (Å²) in [4.78, 5) is 0. The number of aliphatic hydroxyl groups excluding tert-OH is 1. The van der Waals surface area contributed by atoms with Crippen LogP contribution in [0.5, 0.6) is 11.5 Å². The zero-order valence-electron chi connectivity index (χ0n) is 9.00. The van der Waals surface area contributed by atoms with Crippen molar-refractivity contribution >= 4 is 11.6 Å². The Kier molecular flexibility index (Phi) is 2.97. The number of hydrogen-bond acceptors (Lipinski definition) is 4. The van der Waals surface area contributed by atoms with Gasteiger partial charge in [-0.25, -0.2) is 0 Å². The van der Waals surface area contributed by atoms with Gasteiger partial charge in [-0.15, -0.1) is 0 Å². The molecular formula is C11H14ClNO3. The molecule has 4 nitrogen and oxygen atoms in total. The molecule has 0 fully saturated rings. The smallest absolute Gasteiger partial charge is 0.166 e. The third-order valence-electron chi connectivity index (χ3n) is 2.85. The van der Waals surface area contributed by atoms with Gasteiger partial charge in [0, 0.05) is 23.1 Å². The Morgan fingerprint density at radius 3 is 3.00 bits per heavy atom. The zero-order valence-corrected chi connectivity index (χ0v) is 9.75. The van der Waals surface area contributed by atoms with Gasteiger partial charge in [-0.2, -0.15) is 0 Å². The van der Waals surface area contributed by atoms with Crippen molar-refractivity contribution in [3.63, 3.8) is 0 Å². The van der Waals surface area contributed by atoms with Crippen LogP contribution in [-0.2, 0) is 5.54 Å². The van der Waals surface area contributed by atoms with Gasteiger partial charge in [0.15, 0.2) is 11.5 Å². The van der Waals surface area contributed by atoms with Crippen LogP contribution in [0, 0.1) is 0 Å². The van der Waals surface area contributed by atoms with E-state index in [1.54, 1.807) is 19.2 Å². The van der Waals surface area contributed by atoms with E-state index >= 15 is 0 Å². The van der Waals surface area contributed by atoms with E-state index in [1.807, 2.05) is 0 Å². The molecule has 88 valence electrons. The van der Waals surface area contributed by atoms with Gasteiger partial charge in [0.1, 0.15) is 0 Å². The number of benzene rings is 1. The average molecular weight is 244 g/mol. The van der Waals surface area contributed by atoms with Crippen molar-refractivity contribution in [3.05, 3.63) is 22.7 Å². The molecule has 0 saturated carbocycles. The predicted molar refractivity (Wildman–Crippen MR) is 61.1 cm³/mol. The topological polar surface area (TPSA) is 64.7 Å². The van der Waals surface area contributed by atoms with Crippen molar-refractivity contribution in [1.82, 2.24) is 0 Å². The minimum absolute atomic E-state index is 0.146. The molecule has 1 aromatic carbocycles. The molecule has 1 atom stereocenters. The summed E-state index contributed by atoms with van der Waals surface area (Å²) < 4.78 is 10.7. The van der Waals surface area contributed by atoms with Gasteiger partial charge in [-0.05, 0) is 6.07 Å². The second kappa shape index (κ2) is 4.13. The molecule has 16 heavy (non-hydrogen) atoms. The molecule has 1 aliphatic rings. The fourth-order valence-corrected chi connectivity index (χ4v) is 2.08. The first-order valence-electron chi connectivity index (χ1n) is 5.01. The lowest BCUT2D eigenvalue weighted by Gasteiger charge is -2.34. The maximum Gasteiger partial charge on any atom is 0.166 e. The molecule has 0 aliphatic carbocycles. The monoisotopic (exact) mass is 243 g/mol. The van der Waals surface area contributed by atoms with Crippen molar-refractivity contribution in [1.29, 1.82) is 0 Å². The summed E-state index contributed by atoms with van der Waals surface area (Å²) in [5.41, 5.74) is 6.02. The molecule has 0 saturated heterocycles. The highest BCUT2D eigenvalue weighted by atomic mass is 35.5. The van der Waals surface area contributed by atoms with Crippen molar-refractivity contribution in [2.75, 3.05) is 20.3 Å². The van der Waals surface area contributed by atoms with E-state index in [1.165, 1.54) is 0 Å². The standard InChI is InChI=1S/C11H14ClNO3/c1-15-9-5-7(12)4-8-10(9)16-3-2-11(8,13)6-14/h4-5,14H,2-3,6,13H2,1H3. The second-order valence-corrected chi connectivity index (χ2v) is 4.33. The summed E-state index contributed by atoms with van der Waals surface area (Å²) in [7, 11) is 1.54. The summed E-state index contributed by atoms with van der Waals surface area (Å²) >= 11 is 5.97. The maximum absolute atomic E-state index is 9.39. The van der Waals surface area contributed by atoms with Gasteiger partial charge < -0.3 is 20.3 Å². The molecule has 1 heterocycles. The average Bonchev–Trinajstić information content (AvgIpc) is 2.29. The molecule has 5 heteroatoms. The lowest BCUT2D eigenvalue weighted by atomic mass is 9.86. The molecule has 1 unspecified atom stereocenters. The SMILES string of the molecule is COc1cc(Cl)cc2c1OCCC2(N)CO. The highest BCUT2D eigenvalue weighted by molar-refractivity contribution is 6.30. The lowest BCUT2D eigenvalue weighted by Crippen LogP contribution is -2.44. The number of ether oxygens (including phenoxy) is 2. The fraction of sp³-hybridized carbons (Fsp3) is 0.455. The number of aliphatic hydroxyl groups is 1. The molecule has 0 bridgehead atoms. The van der Waals surface area contributed by atoms with Crippen LogP contribution < -0.4 is 15.2 Å². The number of nitrogens with two attached hydrogens (primary N) is 1. The molecule has 0 amide bonds. The Morgan fingerprint density at radius 2 is 2.38 bits per heavy atom. The van der Waals surface area contributed by atoms with E-state index in [2.05, 4.69) is 0 Å². The molecule has 1 aliphatic heterocycles. The van der Waals surface area contributed by atoms with E-state index in [-0.39, 0.29) is 6.61 Å². The van der Waals surface area contributed by atoms with Crippen LogP contribution in [-0.4, -0.2) is 25.4 Å². The minimum Gasteiger partial charge on any atom is -0.493 e. The van der Waals surface area contributed by atoms with E-state index in [4.69, 9.17) is 26.8 Å². The first-order chi connectivity index (χ1) is 7.60. The summed E-state index contributed by atoms with van der Waals surface area (Å²) in [6, 6.07) is 3.39. The molecule has 1 aromatic rings.